The summed E-state index contributed by atoms with van der Waals surface area (Å²) in [6.07, 6.45) is 11.9. The smallest absolute Gasteiger partial charge is 0.308 e. The van der Waals surface area contributed by atoms with Crippen LogP contribution in [0.25, 0.3) is 0 Å². The number of carbonyl (C=O) groups is 3. The zero-order valence-corrected chi connectivity index (χ0v) is 23.5. The summed E-state index contributed by atoms with van der Waals surface area (Å²) in [6.45, 7) is 9.35. The van der Waals surface area contributed by atoms with E-state index in [2.05, 4.69) is 33.0 Å². The Morgan fingerprint density at radius 3 is 2.24 bits per heavy atom. The highest BCUT2D eigenvalue weighted by Crippen LogP contribution is 2.31. The second-order valence-corrected chi connectivity index (χ2v) is 11.0. The molecule has 0 bridgehead atoms. The number of piperazine rings is 1. The van der Waals surface area contributed by atoms with Crippen molar-refractivity contribution in [1.82, 2.24) is 10.2 Å². The molecular formula is C30H48N2O5. The third-order valence-corrected chi connectivity index (χ3v) is 6.82. The normalized spacial score (nSPS) is 15.8. The van der Waals surface area contributed by atoms with Crippen molar-refractivity contribution in [2.45, 2.75) is 110 Å². The average molecular weight is 517 g/mol. The van der Waals surface area contributed by atoms with Crippen LogP contribution in [0.3, 0.4) is 0 Å². The SMILES string of the molecule is CCCCCCCCCCCCOC(=O)CC1C(=O)NCCN1C(=O)COc1ccccc1C(C)(C)C. The van der Waals surface area contributed by atoms with Crippen molar-refractivity contribution in [2.24, 2.45) is 0 Å². The lowest BCUT2D eigenvalue weighted by molar-refractivity contribution is -0.152. The predicted octanol–water partition coefficient (Wildman–Crippen LogP) is 5.54. The molecule has 2 rings (SSSR count). The molecule has 1 atom stereocenters. The molecule has 1 fully saturated rings. The maximum atomic E-state index is 13.0. The standard InChI is InChI=1S/C30H48N2O5/c1-5-6-7-8-9-10-11-12-13-16-21-36-28(34)22-25-29(35)31-19-20-32(25)27(33)23-37-26-18-15-14-17-24(26)30(2,3)4/h14-15,17-18,25H,5-13,16,19-23H2,1-4H3,(H,31,35). The van der Waals surface area contributed by atoms with Gasteiger partial charge in [0.05, 0.1) is 13.0 Å². The van der Waals surface area contributed by atoms with Gasteiger partial charge in [-0.15, -0.1) is 0 Å². The minimum absolute atomic E-state index is 0.134. The largest absolute Gasteiger partial charge is 0.483 e. The van der Waals surface area contributed by atoms with E-state index >= 15 is 0 Å². The van der Waals surface area contributed by atoms with Gasteiger partial charge in [0.25, 0.3) is 5.91 Å². The van der Waals surface area contributed by atoms with Crippen LogP contribution in [0.15, 0.2) is 24.3 Å². The van der Waals surface area contributed by atoms with Crippen LogP contribution in [0.4, 0.5) is 0 Å². The molecule has 1 aromatic rings. The second-order valence-electron chi connectivity index (χ2n) is 11.0. The predicted molar refractivity (Wildman–Crippen MR) is 147 cm³/mol. The molecule has 0 aromatic heterocycles. The number of ether oxygens (including phenoxy) is 2. The summed E-state index contributed by atoms with van der Waals surface area (Å²) < 4.78 is 11.3. The molecule has 0 saturated carbocycles. The Morgan fingerprint density at radius 1 is 0.973 bits per heavy atom. The van der Waals surface area contributed by atoms with Crippen LogP contribution in [-0.2, 0) is 24.5 Å². The molecular weight excluding hydrogens is 468 g/mol. The maximum Gasteiger partial charge on any atom is 0.308 e. The Kier molecular flexibility index (Phi) is 13.5. The zero-order chi connectivity index (χ0) is 27.1. The number of amides is 2. The average Bonchev–Trinajstić information content (AvgIpc) is 2.86. The summed E-state index contributed by atoms with van der Waals surface area (Å²) in [7, 11) is 0. The number of carbonyl (C=O) groups excluding carboxylic acids is 3. The molecule has 1 heterocycles. The van der Waals surface area contributed by atoms with E-state index in [9.17, 15) is 14.4 Å². The molecule has 0 aliphatic carbocycles. The quantitative estimate of drug-likeness (QED) is 0.230. The van der Waals surface area contributed by atoms with Gasteiger partial charge in [0.15, 0.2) is 6.61 Å². The van der Waals surface area contributed by atoms with Crippen molar-refractivity contribution in [3.63, 3.8) is 0 Å². The molecule has 1 aliphatic rings. The monoisotopic (exact) mass is 516 g/mol. The Bertz CT molecular complexity index is 849. The summed E-state index contributed by atoms with van der Waals surface area (Å²) in [5, 5.41) is 2.76. The number of para-hydroxylation sites is 1. The van der Waals surface area contributed by atoms with Gasteiger partial charge in [-0.3, -0.25) is 14.4 Å². The molecule has 37 heavy (non-hydrogen) atoms. The zero-order valence-electron chi connectivity index (χ0n) is 23.5. The number of hydrogen-bond donors (Lipinski definition) is 1. The molecule has 1 N–H and O–H groups in total. The minimum Gasteiger partial charge on any atom is -0.483 e. The van der Waals surface area contributed by atoms with Crippen molar-refractivity contribution >= 4 is 17.8 Å². The molecule has 1 unspecified atom stereocenters. The number of benzene rings is 1. The van der Waals surface area contributed by atoms with Crippen molar-refractivity contribution in [3.05, 3.63) is 29.8 Å². The third-order valence-electron chi connectivity index (χ3n) is 6.82. The lowest BCUT2D eigenvalue weighted by atomic mass is 9.86. The van der Waals surface area contributed by atoms with Crippen molar-refractivity contribution < 1.29 is 23.9 Å². The van der Waals surface area contributed by atoms with Crippen LogP contribution in [0.2, 0.25) is 0 Å². The van der Waals surface area contributed by atoms with Gasteiger partial charge in [-0.25, -0.2) is 0 Å². The summed E-state index contributed by atoms with van der Waals surface area (Å²) >= 11 is 0. The van der Waals surface area contributed by atoms with Crippen LogP contribution >= 0.6 is 0 Å². The third kappa shape index (κ3) is 11.1. The molecule has 208 valence electrons. The van der Waals surface area contributed by atoms with Gasteiger partial charge in [-0.1, -0.05) is 104 Å². The highest BCUT2D eigenvalue weighted by molar-refractivity contribution is 5.92. The van der Waals surface area contributed by atoms with E-state index < -0.39 is 12.0 Å². The molecule has 1 aromatic carbocycles. The topological polar surface area (TPSA) is 84.9 Å². The van der Waals surface area contributed by atoms with E-state index in [4.69, 9.17) is 9.47 Å². The molecule has 7 heteroatoms. The van der Waals surface area contributed by atoms with Gasteiger partial charge in [-0.05, 0) is 23.5 Å². The van der Waals surface area contributed by atoms with E-state index in [0.717, 1.165) is 24.8 Å². The van der Waals surface area contributed by atoms with Gasteiger partial charge in [0.1, 0.15) is 11.8 Å². The fourth-order valence-electron chi connectivity index (χ4n) is 4.64. The number of hydrogen-bond acceptors (Lipinski definition) is 5. The summed E-state index contributed by atoms with van der Waals surface area (Å²) in [5.41, 5.74) is 0.872. The number of rotatable bonds is 16. The van der Waals surface area contributed by atoms with Gasteiger partial charge in [0.2, 0.25) is 5.91 Å². The van der Waals surface area contributed by atoms with E-state index in [0.29, 0.717) is 25.4 Å². The highest BCUT2D eigenvalue weighted by Gasteiger charge is 2.35. The van der Waals surface area contributed by atoms with Crippen molar-refractivity contribution in [2.75, 3.05) is 26.3 Å². The first-order valence-corrected chi connectivity index (χ1v) is 14.2. The van der Waals surface area contributed by atoms with Crippen molar-refractivity contribution in [1.29, 1.82) is 0 Å². The molecule has 2 amide bonds. The van der Waals surface area contributed by atoms with Gasteiger partial charge >= 0.3 is 5.97 Å². The lowest BCUT2D eigenvalue weighted by Gasteiger charge is -2.34. The summed E-state index contributed by atoms with van der Waals surface area (Å²) in [6, 6.07) is 6.78. The summed E-state index contributed by atoms with van der Waals surface area (Å²) in [4.78, 5) is 39.4. The molecule has 1 aliphatic heterocycles. The Hall–Kier alpha value is -2.57. The van der Waals surface area contributed by atoms with Gasteiger partial charge in [0, 0.05) is 13.1 Å². The number of esters is 1. The minimum atomic E-state index is -0.872. The van der Waals surface area contributed by atoms with E-state index in [1.54, 1.807) is 0 Å². The van der Waals surface area contributed by atoms with Gasteiger partial charge in [-0.2, -0.15) is 0 Å². The van der Waals surface area contributed by atoms with Crippen LogP contribution < -0.4 is 10.1 Å². The molecule has 0 radical (unpaired) electrons. The number of unbranched alkanes of at least 4 members (excludes halogenated alkanes) is 9. The van der Waals surface area contributed by atoms with Crippen LogP contribution in [-0.4, -0.2) is 55.0 Å². The number of nitrogens with one attached hydrogen (secondary N) is 1. The fourth-order valence-corrected chi connectivity index (χ4v) is 4.64. The Labute approximate surface area is 223 Å². The molecule has 0 spiro atoms. The van der Waals surface area contributed by atoms with Crippen LogP contribution in [0.1, 0.15) is 104 Å². The first kappa shape index (κ1) is 30.7. The highest BCUT2D eigenvalue weighted by atomic mass is 16.5. The molecule has 1 saturated heterocycles. The first-order valence-electron chi connectivity index (χ1n) is 14.2. The first-order chi connectivity index (χ1) is 17.7. The summed E-state index contributed by atoms with van der Waals surface area (Å²) in [5.74, 6) is -0.441. The fraction of sp³-hybridized carbons (Fsp3) is 0.700. The van der Waals surface area contributed by atoms with Crippen LogP contribution in [0, 0.1) is 0 Å². The second kappa shape index (κ2) is 16.3. The molecule has 7 nitrogen and oxygen atoms in total. The van der Waals surface area contributed by atoms with E-state index in [1.807, 2.05) is 24.3 Å². The Balaban J connectivity index is 1.74. The maximum absolute atomic E-state index is 13.0. The van der Waals surface area contributed by atoms with Gasteiger partial charge < -0.3 is 19.7 Å². The Morgan fingerprint density at radius 2 is 1.59 bits per heavy atom. The van der Waals surface area contributed by atoms with Crippen molar-refractivity contribution in [3.8, 4) is 5.75 Å². The van der Waals surface area contributed by atoms with Crippen LogP contribution in [0.5, 0.6) is 5.75 Å². The lowest BCUT2D eigenvalue weighted by Crippen LogP contribution is -2.58. The van der Waals surface area contributed by atoms with E-state index in [1.165, 1.54) is 49.8 Å². The number of nitrogens with zero attached hydrogens (tertiary/aromatic N) is 1. The van der Waals surface area contributed by atoms with E-state index in [-0.39, 0.29) is 30.3 Å².